The highest BCUT2D eigenvalue weighted by molar-refractivity contribution is 6.06. The SMILES string of the molecule is O=C(Nc1ccc(F)cc1F)Nc1oc(=O)c2ccc(F)cc2c1-c1ccc(F)cc1. The van der Waals surface area contributed by atoms with Crippen LogP contribution in [0.15, 0.2) is 69.9 Å². The maximum atomic E-state index is 13.9. The summed E-state index contributed by atoms with van der Waals surface area (Å²) in [6.45, 7) is 0. The van der Waals surface area contributed by atoms with Gasteiger partial charge < -0.3 is 9.73 Å². The summed E-state index contributed by atoms with van der Waals surface area (Å²) in [7, 11) is 0. The van der Waals surface area contributed by atoms with Crippen molar-refractivity contribution in [3.05, 3.63) is 94.4 Å². The summed E-state index contributed by atoms with van der Waals surface area (Å²) in [5.74, 6) is -3.39. The number of fused-ring (bicyclic) bond motifs is 1. The normalized spacial score (nSPS) is 10.8. The van der Waals surface area contributed by atoms with Crippen LogP contribution in [0.5, 0.6) is 0 Å². The van der Waals surface area contributed by atoms with Crippen LogP contribution in [-0.4, -0.2) is 6.03 Å². The van der Waals surface area contributed by atoms with Crippen molar-refractivity contribution in [2.24, 2.45) is 0 Å². The highest BCUT2D eigenvalue weighted by Gasteiger charge is 2.19. The van der Waals surface area contributed by atoms with Crippen LogP contribution in [0.1, 0.15) is 0 Å². The van der Waals surface area contributed by atoms with E-state index in [-0.39, 0.29) is 27.9 Å². The first-order valence-electron chi connectivity index (χ1n) is 8.87. The van der Waals surface area contributed by atoms with Crippen molar-refractivity contribution >= 4 is 28.4 Å². The van der Waals surface area contributed by atoms with Crippen LogP contribution in [-0.2, 0) is 0 Å². The van der Waals surface area contributed by atoms with Gasteiger partial charge in [0.1, 0.15) is 23.3 Å². The molecule has 0 aliphatic rings. The monoisotopic (exact) mass is 428 g/mol. The van der Waals surface area contributed by atoms with Crippen LogP contribution in [0, 0.1) is 23.3 Å². The molecule has 0 saturated carbocycles. The Hall–Kier alpha value is -4.14. The number of nitrogens with one attached hydrogen (secondary N) is 2. The maximum Gasteiger partial charge on any atom is 0.345 e. The van der Waals surface area contributed by atoms with Crippen LogP contribution in [0.2, 0.25) is 0 Å². The first-order valence-corrected chi connectivity index (χ1v) is 8.87. The van der Waals surface area contributed by atoms with E-state index in [0.717, 1.165) is 36.4 Å². The predicted molar refractivity (Wildman–Crippen MR) is 107 cm³/mol. The molecular formula is C22H12F4N2O3. The average Bonchev–Trinajstić information content (AvgIpc) is 2.71. The summed E-state index contributed by atoms with van der Waals surface area (Å²) in [6, 6.07) is 9.91. The van der Waals surface area contributed by atoms with Crippen molar-refractivity contribution in [2.45, 2.75) is 0 Å². The number of amides is 2. The third kappa shape index (κ3) is 4.11. The van der Waals surface area contributed by atoms with E-state index in [1.165, 1.54) is 18.2 Å². The van der Waals surface area contributed by atoms with Gasteiger partial charge in [-0.2, -0.15) is 0 Å². The van der Waals surface area contributed by atoms with Crippen molar-refractivity contribution in [2.75, 3.05) is 10.6 Å². The fraction of sp³-hybridized carbons (Fsp3) is 0. The van der Waals surface area contributed by atoms with E-state index in [1.807, 2.05) is 0 Å². The van der Waals surface area contributed by atoms with Gasteiger partial charge in [0.15, 0.2) is 0 Å². The summed E-state index contributed by atoms with van der Waals surface area (Å²) in [6.07, 6.45) is 0. The molecule has 0 bridgehead atoms. The number of urea groups is 1. The lowest BCUT2D eigenvalue weighted by Crippen LogP contribution is -2.21. The lowest BCUT2D eigenvalue weighted by atomic mass is 10.00. The van der Waals surface area contributed by atoms with E-state index in [9.17, 15) is 27.2 Å². The highest BCUT2D eigenvalue weighted by atomic mass is 19.1. The third-order valence-corrected chi connectivity index (χ3v) is 4.43. The lowest BCUT2D eigenvalue weighted by molar-refractivity contribution is 0.261. The van der Waals surface area contributed by atoms with Crippen molar-refractivity contribution in [1.82, 2.24) is 0 Å². The Morgan fingerprint density at radius 2 is 1.39 bits per heavy atom. The van der Waals surface area contributed by atoms with E-state index >= 15 is 0 Å². The molecule has 0 saturated heterocycles. The second-order valence-corrected chi connectivity index (χ2v) is 6.49. The van der Waals surface area contributed by atoms with E-state index < -0.39 is 34.9 Å². The number of carbonyl (C=O) groups is 1. The van der Waals surface area contributed by atoms with Crippen LogP contribution >= 0.6 is 0 Å². The Kier molecular flexibility index (Phi) is 5.16. The molecule has 3 aromatic carbocycles. The van der Waals surface area contributed by atoms with Gasteiger partial charge in [-0.15, -0.1) is 0 Å². The van der Waals surface area contributed by atoms with Gasteiger partial charge in [0.25, 0.3) is 0 Å². The molecule has 2 N–H and O–H groups in total. The second kappa shape index (κ2) is 7.94. The molecule has 2 amide bonds. The highest BCUT2D eigenvalue weighted by Crippen LogP contribution is 2.34. The minimum Gasteiger partial charge on any atom is -0.405 e. The molecule has 5 nitrogen and oxygen atoms in total. The van der Waals surface area contributed by atoms with E-state index in [4.69, 9.17) is 4.42 Å². The molecule has 31 heavy (non-hydrogen) atoms. The number of carbonyl (C=O) groups excluding carboxylic acids is 1. The molecule has 4 aromatic rings. The molecule has 156 valence electrons. The molecule has 0 radical (unpaired) electrons. The molecule has 0 atom stereocenters. The summed E-state index contributed by atoms with van der Waals surface area (Å²) < 4.78 is 59.4. The van der Waals surface area contributed by atoms with Crippen LogP contribution < -0.4 is 16.3 Å². The van der Waals surface area contributed by atoms with Crippen molar-refractivity contribution in [3.63, 3.8) is 0 Å². The Morgan fingerprint density at radius 1 is 0.742 bits per heavy atom. The number of benzene rings is 3. The van der Waals surface area contributed by atoms with Gasteiger partial charge in [-0.1, -0.05) is 12.1 Å². The molecule has 0 aliphatic heterocycles. The smallest absolute Gasteiger partial charge is 0.345 e. The van der Waals surface area contributed by atoms with Crippen molar-refractivity contribution in [1.29, 1.82) is 0 Å². The standard InChI is InChI=1S/C22H12F4N2O3/c23-12-3-1-11(2-4-12)19-16-9-13(24)5-7-15(16)21(29)31-20(19)28-22(30)27-18-8-6-14(25)10-17(18)26/h1-10H,(H2,27,28,30). The van der Waals surface area contributed by atoms with Gasteiger partial charge in [-0.25, -0.2) is 27.2 Å². The zero-order valence-corrected chi connectivity index (χ0v) is 15.5. The number of rotatable bonds is 3. The Balaban J connectivity index is 1.81. The van der Waals surface area contributed by atoms with Gasteiger partial charge in [0, 0.05) is 11.5 Å². The molecule has 0 fully saturated rings. The van der Waals surface area contributed by atoms with E-state index in [1.54, 1.807) is 0 Å². The summed E-state index contributed by atoms with van der Waals surface area (Å²) in [5, 5.41) is 4.59. The Morgan fingerprint density at radius 3 is 2.10 bits per heavy atom. The summed E-state index contributed by atoms with van der Waals surface area (Å²) in [4.78, 5) is 24.7. The minimum atomic E-state index is -1.02. The zero-order valence-electron chi connectivity index (χ0n) is 15.5. The Bertz CT molecular complexity index is 1370. The molecular weight excluding hydrogens is 416 g/mol. The third-order valence-electron chi connectivity index (χ3n) is 4.43. The molecule has 0 unspecified atom stereocenters. The van der Waals surface area contributed by atoms with Gasteiger partial charge in [0.05, 0.1) is 16.6 Å². The van der Waals surface area contributed by atoms with Crippen LogP contribution in [0.3, 0.4) is 0 Å². The Labute approximate surface area is 171 Å². The quantitative estimate of drug-likeness (QED) is 0.414. The molecule has 9 heteroatoms. The van der Waals surface area contributed by atoms with Crippen molar-refractivity contribution < 1.29 is 26.8 Å². The number of hydrogen-bond acceptors (Lipinski definition) is 3. The minimum absolute atomic E-state index is 0.0382. The fourth-order valence-corrected chi connectivity index (χ4v) is 3.06. The fourth-order valence-electron chi connectivity index (χ4n) is 3.06. The molecule has 1 heterocycles. The van der Waals surface area contributed by atoms with Gasteiger partial charge in [0.2, 0.25) is 5.88 Å². The van der Waals surface area contributed by atoms with Gasteiger partial charge in [-0.05, 0) is 48.0 Å². The first kappa shape index (κ1) is 20.1. The van der Waals surface area contributed by atoms with E-state index in [0.29, 0.717) is 11.6 Å². The largest absolute Gasteiger partial charge is 0.405 e. The second-order valence-electron chi connectivity index (χ2n) is 6.49. The predicted octanol–water partition coefficient (Wildman–Crippen LogP) is 5.66. The molecule has 1 aromatic heterocycles. The average molecular weight is 428 g/mol. The summed E-state index contributed by atoms with van der Waals surface area (Å²) in [5.41, 5.74) is -0.742. The number of halogens is 4. The maximum absolute atomic E-state index is 13.9. The van der Waals surface area contributed by atoms with Crippen LogP contribution in [0.4, 0.5) is 33.9 Å². The van der Waals surface area contributed by atoms with Gasteiger partial charge in [-0.3, -0.25) is 5.32 Å². The summed E-state index contributed by atoms with van der Waals surface area (Å²) >= 11 is 0. The molecule has 4 rings (SSSR count). The molecule has 0 aliphatic carbocycles. The van der Waals surface area contributed by atoms with Crippen molar-refractivity contribution in [3.8, 4) is 11.1 Å². The number of anilines is 2. The number of hydrogen-bond donors (Lipinski definition) is 2. The van der Waals surface area contributed by atoms with Gasteiger partial charge >= 0.3 is 11.7 Å². The topological polar surface area (TPSA) is 71.3 Å². The lowest BCUT2D eigenvalue weighted by Gasteiger charge is -2.13. The molecule has 0 spiro atoms. The first-order chi connectivity index (χ1) is 14.8. The van der Waals surface area contributed by atoms with Crippen LogP contribution in [0.25, 0.3) is 21.9 Å². The zero-order chi connectivity index (χ0) is 22.1. The van der Waals surface area contributed by atoms with E-state index in [2.05, 4.69) is 10.6 Å².